The topological polar surface area (TPSA) is 102 Å². The van der Waals surface area contributed by atoms with E-state index in [0.29, 0.717) is 27.8 Å². The molecule has 0 aliphatic heterocycles. The lowest BCUT2D eigenvalue weighted by Crippen LogP contribution is -2.20. The number of rotatable bonds is 5. The maximum Gasteiger partial charge on any atom is 0.416 e. The van der Waals surface area contributed by atoms with Gasteiger partial charge in [0.05, 0.1) is 33.2 Å². The highest BCUT2D eigenvalue weighted by Crippen LogP contribution is 2.34. The summed E-state index contributed by atoms with van der Waals surface area (Å²) in [7, 11) is 0. The minimum absolute atomic E-state index is 0.0221. The van der Waals surface area contributed by atoms with Gasteiger partial charge in [0.1, 0.15) is 11.6 Å². The van der Waals surface area contributed by atoms with Gasteiger partial charge in [0, 0.05) is 17.8 Å². The monoisotopic (exact) mass is 533 g/mol. The lowest BCUT2D eigenvalue weighted by molar-refractivity contribution is -0.137. The average Bonchev–Trinajstić information content (AvgIpc) is 2.83. The first kappa shape index (κ1) is 25.1. The third-order valence-electron chi connectivity index (χ3n) is 4.81. The Morgan fingerprint density at radius 2 is 1.67 bits per heavy atom. The van der Waals surface area contributed by atoms with Crippen LogP contribution in [0.4, 0.5) is 35.2 Å². The number of anilines is 3. The van der Waals surface area contributed by atoms with E-state index in [2.05, 4.69) is 20.6 Å². The lowest BCUT2D eigenvalue weighted by Gasteiger charge is -2.12. The summed E-state index contributed by atoms with van der Waals surface area (Å²) < 4.78 is 44.0. The fraction of sp³-hybridized carbons (Fsp3) is 0.0417. The maximum absolute atomic E-state index is 12.7. The Morgan fingerprint density at radius 1 is 0.917 bits per heavy atom. The van der Waals surface area contributed by atoms with Crippen molar-refractivity contribution in [2.75, 3.05) is 16.4 Å². The Labute approximate surface area is 213 Å². The molecular weight excluding hydrogens is 518 g/mol. The van der Waals surface area contributed by atoms with Crippen LogP contribution in [0.25, 0.3) is 11.1 Å². The first-order chi connectivity index (χ1) is 17.1. The molecule has 2 aromatic carbocycles. The highest BCUT2D eigenvalue weighted by atomic mass is 35.5. The van der Waals surface area contributed by atoms with Gasteiger partial charge in [-0.1, -0.05) is 35.3 Å². The zero-order valence-corrected chi connectivity index (χ0v) is 19.6. The van der Waals surface area contributed by atoms with Gasteiger partial charge in [0.2, 0.25) is 5.88 Å². The summed E-state index contributed by atoms with van der Waals surface area (Å²) in [5.74, 6) is 1.13. The minimum atomic E-state index is -4.54. The normalized spacial score (nSPS) is 11.1. The average molecular weight is 534 g/mol. The van der Waals surface area contributed by atoms with Crippen molar-refractivity contribution < 1.29 is 22.7 Å². The summed E-state index contributed by atoms with van der Waals surface area (Å²) in [6.45, 7) is 0. The number of alkyl halides is 3. The van der Waals surface area contributed by atoms with Gasteiger partial charge in [-0.25, -0.2) is 14.8 Å². The van der Waals surface area contributed by atoms with Crippen LogP contribution >= 0.6 is 23.2 Å². The second kappa shape index (κ2) is 10.3. The molecule has 0 spiro atoms. The van der Waals surface area contributed by atoms with Crippen LogP contribution in [0.1, 0.15) is 5.56 Å². The van der Waals surface area contributed by atoms with Crippen molar-refractivity contribution in [1.29, 1.82) is 0 Å². The zero-order valence-electron chi connectivity index (χ0n) is 18.1. The molecule has 4 N–H and O–H groups in total. The summed E-state index contributed by atoms with van der Waals surface area (Å²) in [6, 6.07) is 13.8. The number of carbonyl (C=O) groups excluding carboxylic acids is 1. The standard InChI is InChI=1S/C24H16Cl2F3N5O2/c25-15-10-18(22(30)32-11-15)13-1-5-17(6-2-13)36-21-8-4-16(12-31-21)33-23(35)34-20-7-3-14(9-19(20)26)24(27,28)29/h1-12H,(H2,30,32)(H2,33,34,35). The van der Waals surface area contributed by atoms with E-state index in [1.54, 1.807) is 36.4 Å². The Morgan fingerprint density at radius 3 is 2.31 bits per heavy atom. The van der Waals surface area contributed by atoms with Gasteiger partial charge in [0.25, 0.3) is 0 Å². The number of urea groups is 1. The molecule has 12 heteroatoms. The summed E-state index contributed by atoms with van der Waals surface area (Å²) in [6.07, 6.45) is -1.71. The number of nitrogens with two attached hydrogens (primary N) is 1. The van der Waals surface area contributed by atoms with Crippen LogP contribution in [0.15, 0.2) is 73.1 Å². The third-order valence-corrected chi connectivity index (χ3v) is 5.33. The summed E-state index contributed by atoms with van der Waals surface area (Å²) in [5, 5.41) is 5.12. The van der Waals surface area contributed by atoms with E-state index in [1.165, 1.54) is 18.5 Å². The first-order valence-electron chi connectivity index (χ1n) is 10.2. The van der Waals surface area contributed by atoms with Crippen LogP contribution in [-0.2, 0) is 6.18 Å². The molecule has 0 radical (unpaired) electrons. The van der Waals surface area contributed by atoms with E-state index >= 15 is 0 Å². The van der Waals surface area contributed by atoms with Gasteiger partial charge in [-0.15, -0.1) is 0 Å². The van der Waals surface area contributed by atoms with Gasteiger partial charge in [0.15, 0.2) is 0 Å². The molecule has 0 aliphatic rings. The van der Waals surface area contributed by atoms with Crippen molar-refractivity contribution in [3.05, 3.63) is 88.7 Å². The van der Waals surface area contributed by atoms with Gasteiger partial charge >= 0.3 is 12.2 Å². The minimum Gasteiger partial charge on any atom is -0.439 e. The molecule has 36 heavy (non-hydrogen) atoms. The van der Waals surface area contributed by atoms with Gasteiger partial charge in [-0.3, -0.25) is 0 Å². The third kappa shape index (κ3) is 6.15. The number of aromatic nitrogens is 2. The fourth-order valence-corrected chi connectivity index (χ4v) is 3.48. The highest BCUT2D eigenvalue weighted by Gasteiger charge is 2.31. The van der Waals surface area contributed by atoms with Gasteiger partial charge in [-0.2, -0.15) is 13.2 Å². The Hall–Kier alpha value is -4.02. The van der Waals surface area contributed by atoms with Gasteiger partial charge in [-0.05, 0) is 48.0 Å². The van der Waals surface area contributed by atoms with Crippen molar-refractivity contribution in [1.82, 2.24) is 9.97 Å². The van der Waals surface area contributed by atoms with E-state index in [1.807, 2.05) is 0 Å². The van der Waals surface area contributed by atoms with Crippen molar-refractivity contribution >= 4 is 46.4 Å². The van der Waals surface area contributed by atoms with E-state index in [-0.39, 0.29) is 16.6 Å². The number of hydrogen-bond acceptors (Lipinski definition) is 5. The van der Waals surface area contributed by atoms with Crippen molar-refractivity contribution in [3.63, 3.8) is 0 Å². The van der Waals surface area contributed by atoms with Crippen molar-refractivity contribution in [3.8, 4) is 22.8 Å². The van der Waals surface area contributed by atoms with Crippen LogP contribution in [0, 0.1) is 0 Å². The molecule has 4 rings (SSSR count). The van der Waals surface area contributed by atoms with E-state index in [9.17, 15) is 18.0 Å². The van der Waals surface area contributed by atoms with E-state index in [0.717, 1.165) is 23.8 Å². The first-order valence-corrected chi connectivity index (χ1v) is 10.9. The van der Waals surface area contributed by atoms with Crippen LogP contribution in [0.3, 0.4) is 0 Å². The molecule has 2 aromatic heterocycles. The largest absolute Gasteiger partial charge is 0.439 e. The summed E-state index contributed by atoms with van der Waals surface area (Å²) in [5.41, 5.74) is 6.84. The molecule has 0 fully saturated rings. The number of ether oxygens (including phenoxy) is 1. The van der Waals surface area contributed by atoms with Crippen LogP contribution < -0.4 is 21.1 Å². The number of benzene rings is 2. The van der Waals surface area contributed by atoms with Crippen molar-refractivity contribution in [2.45, 2.75) is 6.18 Å². The molecule has 0 unspecified atom stereocenters. The molecular formula is C24H16Cl2F3N5O2. The number of amides is 2. The number of nitrogens with zero attached hydrogens (tertiary/aromatic N) is 2. The van der Waals surface area contributed by atoms with Crippen LogP contribution in [0.5, 0.6) is 11.6 Å². The lowest BCUT2D eigenvalue weighted by atomic mass is 10.1. The van der Waals surface area contributed by atoms with Crippen molar-refractivity contribution in [2.24, 2.45) is 0 Å². The molecule has 0 bridgehead atoms. The highest BCUT2D eigenvalue weighted by molar-refractivity contribution is 6.34. The molecule has 2 heterocycles. The van der Waals surface area contributed by atoms with E-state index in [4.69, 9.17) is 33.7 Å². The molecule has 0 saturated carbocycles. The molecule has 0 aliphatic carbocycles. The second-order valence-corrected chi connectivity index (χ2v) is 8.21. The molecule has 0 saturated heterocycles. The molecule has 2 amide bonds. The summed E-state index contributed by atoms with van der Waals surface area (Å²) >= 11 is 11.8. The number of carbonyl (C=O) groups is 1. The van der Waals surface area contributed by atoms with Crippen LogP contribution in [0.2, 0.25) is 10.0 Å². The Balaban J connectivity index is 1.36. The zero-order chi connectivity index (χ0) is 25.9. The maximum atomic E-state index is 12.7. The molecule has 184 valence electrons. The number of nitrogen functional groups attached to an aromatic ring is 1. The number of nitrogens with one attached hydrogen (secondary N) is 2. The molecule has 0 atom stereocenters. The quantitative estimate of drug-likeness (QED) is 0.246. The van der Waals surface area contributed by atoms with Gasteiger partial charge < -0.3 is 21.1 Å². The van der Waals surface area contributed by atoms with Crippen LogP contribution in [-0.4, -0.2) is 16.0 Å². The Kier molecular flexibility index (Phi) is 7.18. The second-order valence-electron chi connectivity index (χ2n) is 7.37. The smallest absolute Gasteiger partial charge is 0.416 e. The predicted octanol–water partition coefficient (Wildman–Crippen LogP) is 7.49. The summed E-state index contributed by atoms with van der Waals surface area (Å²) in [4.78, 5) is 20.4. The molecule has 7 nitrogen and oxygen atoms in total. The number of halogens is 5. The molecule has 4 aromatic rings. The predicted molar refractivity (Wildman–Crippen MR) is 133 cm³/mol. The fourth-order valence-electron chi connectivity index (χ4n) is 3.10. The Bertz CT molecular complexity index is 1400. The SMILES string of the molecule is Nc1ncc(Cl)cc1-c1ccc(Oc2ccc(NC(=O)Nc3ccc(C(F)(F)F)cc3Cl)cn2)cc1. The van der Waals surface area contributed by atoms with E-state index < -0.39 is 17.8 Å². The number of pyridine rings is 2. The number of hydrogen-bond donors (Lipinski definition) is 3.